The van der Waals surface area contributed by atoms with E-state index in [0.29, 0.717) is 31.2 Å². The third-order valence-corrected chi connectivity index (χ3v) is 6.43. The molecule has 31 heavy (non-hydrogen) atoms. The minimum atomic E-state index is 0.349. The molecule has 5 rings (SSSR count). The normalized spacial score (nSPS) is 22.1. The summed E-state index contributed by atoms with van der Waals surface area (Å²) in [5.41, 5.74) is 3.82. The lowest BCUT2D eigenvalue weighted by molar-refractivity contribution is 0.122. The van der Waals surface area contributed by atoms with Crippen molar-refractivity contribution in [3.05, 3.63) is 35.5 Å². The quantitative estimate of drug-likeness (QED) is 0.693. The number of aromatic nitrogens is 4. The summed E-state index contributed by atoms with van der Waals surface area (Å²) in [6, 6.07) is 7.45. The summed E-state index contributed by atoms with van der Waals surface area (Å²) >= 11 is 0. The van der Waals surface area contributed by atoms with Gasteiger partial charge in [-0.15, -0.1) is 0 Å². The Morgan fingerprint density at radius 1 is 1.13 bits per heavy atom. The van der Waals surface area contributed by atoms with Gasteiger partial charge in [0.05, 0.1) is 32.0 Å². The summed E-state index contributed by atoms with van der Waals surface area (Å²) in [4.78, 5) is 11.4. The number of benzene rings is 1. The third-order valence-electron chi connectivity index (χ3n) is 6.43. The van der Waals surface area contributed by atoms with E-state index in [1.165, 1.54) is 11.1 Å². The van der Waals surface area contributed by atoms with Crippen molar-refractivity contribution < 1.29 is 9.47 Å². The van der Waals surface area contributed by atoms with Crippen molar-refractivity contribution >= 4 is 16.7 Å². The van der Waals surface area contributed by atoms with Crippen molar-refractivity contribution in [2.75, 3.05) is 44.9 Å². The second-order valence-corrected chi connectivity index (χ2v) is 8.57. The fraction of sp³-hybridized carbons (Fsp3) is 0.522. The SMILES string of the molecule is COc1nc(N2CCOCC2)cc(-n2ncc3cc(C)c(C4CCNC(C)C4)cc32)n1. The van der Waals surface area contributed by atoms with Crippen LogP contribution in [0, 0.1) is 6.92 Å². The number of ether oxygens (including phenoxy) is 2. The van der Waals surface area contributed by atoms with Crippen LogP contribution >= 0.6 is 0 Å². The highest BCUT2D eigenvalue weighted by atomic mass is 16.5. The number of hydrogen-bond acceptors (Lipinski definition) is 7. The number of nitrogens with zero attached hydrogens (tertiary/aromatic N) is 5. The van der Waals surface area contributed by atoms with Gasteiger partial charge in [0, 0.05) is 30.6 Å². The average molecular weight is 423 g/mol. The van der Waals surface area contributed by atoms with E-state index < -0.39 is 0 Å². The zero-order valence-corrected chi connectivity index (χ0v) is 18.5. The summed E-state index contributed by atoms with van der Waals surface area (Å²) < 4.78 is 12.8. The van der Waals surface area contributed by atoms with Crippen LogP contribution in [-0.2, 0) is 4.74 Å². The van der Waals surface area contributed by atoms with E-state index in [0.717, 1.165) is 55.0 Å². The van der Waals surface area contributed by atoms with Gasteiger partial charge in [-0.25, -0.2) is 4.68 Å². The highest BCUT2D eigenvalue weighted by Crippen LogP contribution is 2.33. The molecule has 2 atom stereocenters. The van der Waals surface area contributed by atoms with Crippen molar-refractivity contribution in [2.24, 2.45) is 0 Å². The standard InChI is InChI=1S/C23H30N6O2/c1-15-10-18-14-25-29(20(18)12-19(15)17-4-5-24-16(2)11-17)22-13-21(26-23(27-22)30-3)28-6-8-31-9-7-28/h10,12-14,16-17,24H,4-9,11H2,1-3H3. The highest BCUT2D eigenvalue weighted by Gasteiger charge is 2.23. The van der Waals surface area contributed by atoms with Crippen molar-refractivity contribution in [1.29, 1.82) is 0 Å². The zero-order valence-electron chi connectivity index (χ0n) is 18.5. The van der Waals surface area contributed by atoms with E-state index in [1.54, 1.807) is 7.11 Å². The van der Waals surface area contributed by atoms with E-state index in [9.17, 15) is 0 Å². The van der Waals surface area contributed by atoms with Crippen molar-refractivity contribution in [2.45, 2.75) is 38.6 Å². The Morgan fingerprint density at radius 3 is 2.71 bits per heavy atom. The van der Waals surface area contributed by atoms with Gasteiger partial charge in [0.2, 0.25) is 0 Å². The largest absolute Gasteiger partial charge is 0.467 e. The summed E-state index contributed by atoms with van der Waals surface area (Å²) in [5, 5.41) is 9.36. The molecule has 1 aromatic carbocycles. The number of aryl methyl sites for hydroxylation is 1. The highest BCUT2D eigenvalue weighted by molar-refractivity contribution is 5.82. The second-order valence-electron chi connectivity index (χ2n) is 8.57. The number of morpholine rings is 1. The lowest BCUT2D eigenvalue weighted by atomic mass is 9.84. The molecule has 0 aliphatic carbocycles. The Labute approximate surface area is 182 Å². The van der Waals surface area contributed by atoms with Gasteiger partial charge in [-0.1, -0.05) is 0 Å². The molecule has 1 N–H and O–H groups in total. The predicted molar refractivity (Wildman–Crippen MR) is 120 cm³/mol. The van der Waals surface area contributed by atoms with Crippen LogP contribution in [0.5, 0.6) is 6.01 Å². The van der Waals surface area contributed by atoms with E-state index in [4.69, 9.17) is 9.47 Å². The Hall–Kier alpha value is -2.71. The molecular weight excluding hydrogens is 392 g/mol. The maximum Gasteiger partial charge on any atom is 0.320 e. The molecule has 8 nitrogen and oxygen atoms in total. The summed E-state index contributed by atoms with van der Waals surface area (Å²) in [6.45, 7) is 8.54. The zero-order chi connectivity index (χ0) is 21.4. The summed E-state index contributed by atoms with van der Waals surface area (Å²) in [7, 11) is 1.60. The van der Waals surface area contributed by atoms with Crippen LogP contribution in [-0.4, -0.2) is 65.7 Å². The molecule has 164 valence electrons. The molecule has 0 spiro atoms. The molecular formula is C23H30N6O2. The smallest absolute Gasteiger partial charge is 0.320 e. The van der Waals surface area contributed by atoms with E-state index in [-0.39, 0.29) is 0 Å². The van der Waals surface area contributed by atoms with Gasteiger partial charge in [0.25, 0.3) is 0 Å². The number of hydrogen-bond donors (Lipinski definition) is 1. The molecule has 2 aromatic heterocycles. The molecule has 0 radical (unpaired) electrons. The Balaban J connectivity index is 1.57. The number of fused-ring (bicyclic) bond motifs is 1. The van der Waals surface area contributed by atoms with Gasteiger partial charge >= 0.3 is 6.01 Å². The first-order chi connectivity index (χ1) is 15.1. The Morgan fingerprint density at radius 2 is 1.94 bits per heavy atom. The van der Waals surface area contributed by atoms with Gasteiger partial charge in [-0.2, -0.15) is 15.1 Å². The first-order valence-corrected chi connectivity index (χ1v) is 11.1. The monoisotopic (exact) mass is 422 g/mol. The molecule has 2 fully saturated rings. The average Bonchev–Trinajstić information content (AvgIpc) is 3.21. The van der Waals surface area contributed by atoms with Crippen LogP contribution in [0.2, 0.25) is 0 Å². The minimum absolute atomic E-state index is 0.349. The molecule has 0 saturated carbocycles. The predicted octanol–water partition coefficient (Wildman–Crippen LogP) is 2.82. The van der Waals surface area contributed by atoms with Gasteiger partial charge in [0.15, 0.2) is 5.82 Å². The lowest BCUT2D eigenvalue weighted by Gasteiger charge is -2.29. The summed E-state index contributed by atoms with van der Waals surface area (Å²) in [5.74, 6) is 2.12. The van der Waals surface area contributed by atoms with Crippen LogP contribution in [0.25, 0.3) is 16.7 Å². The number of nitrogens with one attached hydrogen (secondary N) is 1. The molecule has 2 aliphatic rings. The van der Waals surface area contributed by atoms with Gasteiger partial charge in [-0.3, -0.25) is 0 Å². The topological polar surface area (TPSA) is 77.3 Å². The first kappa shape index (κ1) is 20.2. The fourth-order valence-corrected chi connectivity index (χ4v) is 4.80. The van der Waals surface area contributed by atoms with E-state index >= 15 is 0 Å². The number of piperidine rings is 1. The van der Waals surface area contributed by atoms with Crippen molar-refractivity contribution in [3.63, 3.8) is 0 Å². The Bertz CT molecular complexity index is 1080. The van der Waals surface area contributed by atoms with Gasteiger partial charge in [0.1, 0.15) is 5.82 Å². The van der Waals surface area contributed by atoms with E-state index in [1.807, 2.05) is 16.9 Å². The molecule has 3 aromatic rings. The number of rotatable bonds is 4. The molecule has 4 heterocycles. The lowest BCUT2D eigenvalue weighted by Crippen LogP contribution is -2.37. The molecule has 0 bridgehead atoms. The number of methoxy groups -OCH3 is 1. The molecule has 2 saturated heterocycles. The second kappa shape index (κ2) is 8.43. The van der Waals surface area contributed by atoms with Crippen LogP contribution < -0.4 is 15.0 Å². The van der Waals surface area contributed by atoms with Gasteiger partial charge in [-0.05, 0) is 62.4 Å². The first-order valence-electron chi connectivity index (χ1n) is 11.1. The summed E-state index contributed by atoms with van der Waals surface area (Å²) in [6.07, 6.45) is 4.23. The van der Waals surface area contributed by atoms with Crippen LogP contribution in [0.4, 0.5) is 5.82 Å². The maximum absolute atomic E-state index is 5.49. The van der Waals surface area contributed by atoms with Crippen molar-refractivity contribution in [3.8, 4) is 11.8 Å². The van der Waals surface area contributed by atoms with Crippen molar-refractivity contribution in [1.82, 2.24) is 25.1 Å². The molecule has 2 aliphatic heterocycles. The fourth-order valence-electron chi connectivity index (χ4n) is 4.80. The number of anilines is 1. The molecule has 8 heteroatoms. The maximum atomic E-state index is 5.49. The Kier molecular flexibility index (Phi) is 5.50. The van der Waals surface area contributed by atoms with E-state index in [2.05, 4.69) is 51.3 Å². The van der Waals surface area contributed by atoms with Crippen LogP contribution in [0.15, 0.2) is 24.4 Å². The minimum Gasteiger partial charge on any atom is -0.467 e. The molecule has 0 amide bonds. The van der Waals surface area contributed by atoms with Gasteiger partial charge < -0.3 is 19.7 Å². The van der Waals surface area contributed by atoms with Crippen LogP contribution in [0.3, 0.4) is 0 Å². The molecule has 2 unspecified atom stereocenters. The third kappa shape index (κ3) is 3.97. The van der Waals surface area contributed by atoms with Crippen LogP contribution in [0.1, 0.15) is 36.8 Å².